The first kappa shape index (κ1) is 25.1. The van der Waals surface area contributed by atoms with Crippen LogP contribution < -0.4 is 5.32 Å². The number of amides is 1. The maximum absolute atomic E-state index is 12.3. The molecule has 36 heavy (non-hydrogen) atoms. The first-order valence-electron chi connectivity index (χ1n) is 13.6. The summed E-state index contributed by atoms with van der Waals surface area (Å²) in [7, 11) is 0. The average Bonchev–Trinajstić information content (AvgIpc) is 3.15. The van der Waals surface area contributed by atoms with Crippen LogP contribution in [0.15, 0.2) is 47.1 Å². The number of carbonyl (C=O) groups excluding carboxylic acids is 1. The van der Waals surface area contributed by atoms with Crippen molar-refractivity contribution in [2.24, 2.45) is 33.7 Å². The predicted octanol–water partition coefficient (Wildman–Crippen LogP) is 5.56. The fourth-order valence-electron chi connectivity index (χ4n) is 8.18. The van der Waals surface area contributed by atoms with Crippen molar-refractivity contribution in [2.45, 2.75) is 83.8 Å². The van der Waals surface area contributed by atoms with Gasteiger partial charge in [0.05, 0.1) is 11.8 Å². The largest absolute Gasteiger partial charge is 0.385 e. The molecule has 3 fully saturated rings. The summed E-state index contributed by atoms with van der Waals surface area (Å²) in [6, 6.07) is 9.83. The third-order valence-electron chi connectivity index (χ3n) is 10.4. The molecule has 0 saturated heterocycles. The minimum atomic E-state index is -0.950. The fraction of sp³-hybridized carbons (Fsp3) is 0.613. The molecule has 2 N–H and O–H groups in total. The van der Waals surface area contributed by atoms with E-state index in [1.54, 1.807) is 0 Å². The lowest BCUT2D eigenvalue weighted by Crippen LogP contribution is -2.54. The highest BCUT2D eigenvalue weighted by molar-refractivity contribution is 5.96. The number of terminal acetylenes is 1. The molecule has 0 aliphatic heterocycles. The third-order valence-corrected chi connectivity index (χ3v) is 10.4. The quantitative estimate of drug-likeness (QED) is 0.421. The number of rotatable bonds is 5. The van der Waals surface area contributed by atoms with Crippen LogP contribution in [0.1, 0.15) is 83.7 Å². The van der Waals surface area contributed by atoms with Gasteiger partial charge in [0.25, 0.3) is 5.91 Å². The van der Waals surface area contributed by atoms with E-state index in [9.17, 15) is 9.90 Å². The van der Waals surface area contributed by atoms with Crippen LogP contribution in [-0.2, 0) is 9.63 Å². The van der Waals surface area contributed by atoms with Gasteiger partial charge in [-0.2, -0.15) is 0 Å². The molecule has 4 aliphatic rings. The molecule has 1 aromatic carbocycles. The van der Waals surface area contributed by atoms with Gasteiger partial charge in [-0.3, -0.25) is 4.79 Å². The SMILES string of the molecule is C#C[C@]1(O)CCC2[C@@H]3CCC4=CC(=NOCC(=O)NC(C)c5ccccc5)CC[C@]4(C)C3CC[C@@]21C. The summed E-state index contributed by atoms with van der Waals surface area (Å²) in [6.45, 7) is 6.57. The van der Waals surface area contributed by atoms with Crippen molar-refractivity contribution in [3.63, 3.8) is 0 Å². The van der Waals surface area contributed by atoms with Gasteiger partial charge in [-0.1, -0.05) is 60.8 Å². The molecule has 1 aromatic rings. The number of oxime groups is 1. The van der Waals surface area contributed by atoms with Crippen molar-refractivity contribution in [1.82, 2.24) is 5.32 Å². The first-order valence-corrected chi connectivity index (χ1v) is 13.6. The summed E-state index contributed by atoms with van der Waals surface area (Å²) < 4.78 is 0. The number of hydrogen-bond acceptors (Lipinski definition) is 4. The van der Waals surface area contributed by atoms with Gasteiger partial charge in [0, 0.05) is 5.41 Å². The van der Waals surface area contributed by atoms with Crippen LogP contribution in [0.2, 0.25) is 0 Å². The number of carbonyl (C=O) groups is 1. The topological polar surface area (TPSA) is 70.9 Å². The van der Waals surface area contributed by atoms with E-state index in [0.29, 0.717) is 17.8 Å². The minimum absolute atomic E-state index is 0.0727. The summed E-state index contributed by atoms with van der Waals surface area (Å²) in [4.78, 5) is 17.8. The van der Waals surface area contributed by atoms with Crippen LogP contribution in [-0.4, -0.2) is 28.9 Å². The monoisotopic (exact) mass is 488 g/mol. The highest BCUT2D eigenvalue weighted by Gasteiger charge is 2.63. The molecule has 1 amide bonds. The summed E-state index contributed by atoms with van der Waals surface area (Å²) >= 11 is 0. The normalized spacial score (nSPS) is 39.1. The van der Waals surface area contributed by atoms with E-state index in [4.69, 9.17) is 11.3 Å². The van der Waals surface area contributed by atoms with Crippen molar-refractivity contribution in [2.75, 3.05) is 6.61 Å². The molecule has 192 valence electrons. The van der Waals surface area contributed by atoms with E-state index < -0.39 is 5.60 Å². The van der Waals surface area contributed by atoms with Gasteiger partial charge in [-0.15, -0.1) is 6.42 Å². The Bertz CT molecular complexity index is 1100. The lowest BCUT2D eigenvalue weighted by atomic mass is 9.46. The highest BCUT2D eigenvalue weighted by atomic mass is 16.6. The predicted molar refractivity (Wildman–Crippen MR) is 142 cm³/mol. The number of benzene rings is 1. The van der Waals surface area contributed by atoms with Crippen molar-refractivity contribution in [3.05, 3.63) is 47.5 Å². The van der Waals surface area contributed by atoms with Gasteiger partial charge in [-0.25, -0.2) is 0 Å². The molecule has 0 bridgehead atoms. The molecule has 5 rings (SSSR count). The zero-order valence-electron chi connectivity index (χ0n) is 21.9. The van der Waals surface area contributed by atoms with Gasteiger partial charge in [0.1, 0.15) is 5.60 Å². The zero-order valence-corrected chi connectivity index (χ0v) is 21.9. The van der Waals surface area contributed by atoms with Crippen LogP contribution in [0, 0.1) is 40.9 Å². The van der Waals surface area contributed by atoms with Gasteiger partial charge in [0.2, 0.25) is 0 Å². The van der Waals surface area contributed by atoms with E-state index in [0.717, 1.165) is 62.6 Å². The molecule has 0 radical (unpaired) electrons. The molecule has 3 saturated carbocycles. The number of hydrogen-bond donors (Lipinski definition) is 2. The Morgan fingerprint density at radius 1 is 1.17 bits per heavy atom. The number of allylic oxidation sites excluding steroid dienone is 2. The summed E-state index contributed by atoms with van der Waals surface area (Å²) in [5.41, 5.74) is 2.54. The second-order valence-electron chi connectivity index (χ2n) is 12.1. The standard InChI is InChI=1S/C31H40N2O3/c1-5-31(35)18-15-27-25-12-11-23-19-24(13-16-29(23,3)26(25)14-17-30(27,31)4)33-36-20-28(34)32-21(2)22-9-7-6-8-10-22/h1,6-10,19,21,25-27,35H,11-18,20H2,2-4H3,(H,32,34)/t21?,25-,26?,27?,29+,30+,31+/m1/s1. The molecular formula is C31H40N2O3. The molecule has 5 heteroatoms. The summed E-state index contributed by atoms with van der Waals surface area (Å²) in [6.07, 6.45) is 16.1. The Balaban J connectivity index is 1.21. The summed E-state index contributed by atoms with van der Waals surface area (Å²) in [5.74, 6) is 4.37. The van der Waals surface area contributed by atoms with Gasteiger partial charge < -0.3 is 15.3 Å². The van der Waals surface area contributed by atoms with Gasteiger partial charge >= 0.3 is 0 Å². The van der Waals surface area contributed by atoms with Crippen LogP contribution >= 0.6 is 0 Å². The molecule has 0 heterocycles. The van der Waals surface area contributed by atoms with Crippen LogP contribution in [0.25, 0.3) is 0 Å². The molecule has 4 aliphatic carbocycles. The van der Waals surface area contributed by atoms with Crippen molar-refractivity contribution >= 4 is 11.6 Å². The van der Waals surface area contributed by atoms with E-state index in [2.05, 4.69) is 36.3 Å². The van der Waals surface area contributed by atoms with E-state index in [1.165, 1.54) is 5.57 Å². The van der Waals surface area contributed by atoms with E-state index in [-0.39, 0.29) is 29.4 Å². The average molecular weight is 489 g/mol. The Kier molecular flexibility index (Phi) is 6.53. The molecular weight excluding hydrogens is 448 g/mol. The number of fused-ring (bicyclic) bond motifs is 5. The lowest BCUT2D eigenvalue weighted by molar-refractivity contribution is -0.126. The van der Waals surface area contributed by atoms with Crippen molar-refractivity contribution < 1.29 is 14.7 Å². The van der Waals surface area contributed by atoms with Crippen LogP contribution in [0.4, 0.5) is 0 Å². The molecule has 7 atom stereocenters. The number of nitrogens with one attached hydrogen (secondary N) is 1. The Labute approximate surface area is 215 Å². The smallest absolute Gasteiger partial charge is 0.261 e. The number of aliphatic hydroxyl groups is 1. The fourth-order valence-corrected chi connectivity index (χ4v) is 8.18. The minimum Gasteiger partial charge on any atom is -0.385 e. The number of nitrogens with zero attached hydrogens (tertiary/aromatic N) is 1. The molecule has 0 aromatic heterocycles. The zero-order chi connectivity index (χ0) is 25.6. The molecule has 0 spiro atoms. The lowest BCUT2D eigenvalue weighted by Gasteiger charge is -2.58. The first-order chi connectivity index (χ1) is 17.2. The van der Waals surface area contributed by atoms with Gasteiger partial charge in [-0.05, 0) is 93.1 Å². The van der Waals surface area contributed by atoms with Crippen LogP contribution in [0.3, 0.4) is 0 Å². The Morgan fingerprint density at radius 2 is 1.92 bits per heavy atom. The molecule has 5 nitrogen and oxygen atoms in total. The van der Waals surface area contributed by atoms with E-state index in [1.807, 2.05) is 37.3 Å². The second-order valence-corrected chi connectivity index (χ2v) is 12.1. The van der Waals surface area contributed by atoms with Crippen molar-refractivity contribution in [1.29, 1.82) is 0 Å². The maximum Gasteiger partial charge on any atom is 0.261 e. The maximum atomic E-state index is 12.3. The third kappa shape index (κ3) is 4.08. The van der Waals surface area contributed by atoms with E-state index >= 15 is 0 Å². The summed E-state index contributed by atoms with van der Waals surface area (Å²) in [5, 5.41) is 18.5. The second kappa shape index (κ2) is 9.38. The van der Waals surface area contributed by atoms with Crippen molar-refractivity contribution in [3.8, 4) is 12.3 Å². The van der Waals surface area contributed by atoms with Gasteiger partial charge in [0.15, 0.2) is 6.61 Å². The molecule has 3 unspecified atom stereocenters. The highest BCUT2D eigenvalue weighted by Crippen LogP contribution is 2.67. The Morgan fingerprint density at radius 3 is 2.67 bits per heavy atom. The Hall–Kier alpha value is -2.58. The van der Waals surface area contributed by atoms with Crippen LogP contribution in [0.5, 0.6) is 0 Å².